The lowest BCUT2D eigenvalue weighted by Gasteiger charge is -2.22. The molecule has 1 N–H and O–H groups in total. The Balaban J connectivity index is 1.78. The zero-order valence-electron chi connectivity index (χ0n) is 15.7. The first-order chi connectivity index (χ1) is 12.3. The van der Waals surface area contributed by atoms with Crippen LogP contribution < -0.4 is 10.1 Å². The van der Waals surface area contributed by atoms with E-state index in [1.165, 1.54) is 5.56 Å². The Labute approximate surface area is 151 Å². The van der Waals surface area contributed by atoms with Gasteiger partial charge in [0.2, 0.25) is 0 Å². The first-order valence-corrected chi connectivity index (χ1v) is 9.00. The molecule has 6 heteroatoms. The molecule has 1 aliphatic rings. The van der Waals surface area contributed by atoms with Crippen molar-refractivity contribution in [2.75, 3.05) is 53.7 Å². The van der Waals surface area contributed by atoms with Crippen LogP contribution in [0.3, 0.4) is 0 Å². The van der Waals surface area contributed by atoms with Crippen LogP contribution in [0.25, 0.3) is 0 Å². The molecule has 0 spiro atoms. The summed E-state index contributed by atoms with van der Waals surface area (Å²) >= 11 is 0. The number of aliphatic imine (C=N–C) groups is 1. The van der Waals surface area contributed by atoms with E-state index in [-0.39, 0.29) is 0 Å². The number of hydrogen-bond donors (Lipinski definition) is 1. The zero-order chi connectivity index (χ0) is 17.9. The van der Waals surface area contributed by atoms with Gasteiger partial charge in [0.15, 0.2) is 5.96 Å². The van der Waals surface area contributed by atoms with Crippen molar-refractivity contribution in [3.8, 4) is 5.75 Å². The summed E-state index contributed by atoms with van der Waals surface area (Å²) in [4.78, 5) is 6.73. The zero-order valence-corrected chi connectivity index (χ0v) is 15.7. The fourth-order valence-corrected chi connectivity index (χ4v) is 2.98. The largest absolute Gasteiger partial charge is 0.494 e. The van der Waals surface area contributed by atoms with Gasteiger partial charge in [-0.2, -0.15) is 0 Å². The van der Waals surface area contributed by atoms with Crippen LogP contribution in [-0.4, -0.2) is 64.5 Å². The van der Waals surface area contributed by atoms with Crippen molar-refractivity contribution in [2.24, 2.45) is 10.9 Å². The van der Waals surface area contributed by atoms with E-state index >= 15 is 0 Å². The van der Waals surface area contributed by atoms with Gasteiger partial charge in [-0.1, -0.05) is 12.1 Å². The van der Waals surface area contributed by atoms with Gasteiger partial charge in [0.1, 0.15) is 5.75 Å². The smallest absolute Gasteiger partial charge is 0.193 e. The SMILES string of the molecule is CCOc1cccc(CNC(=NC)N2CCC(COCCOC)C2)c1. The Morgan fingerprint density at radius 3 is 3.00 bits per heavy atom. The Kier molecular flexibility index (Phi) is 8.55. The molecule has 1 saturated heterocycles. The number of rotatable bonds is 9. The molecule has 1 aliphatic heterocycles. The van der Waals surface area contributed by atoms with E-state index in [1.54, 1.807) is 7.11 Å². The van der Waals surface area contributed by atoms with E-state index in [9.17, 15) is 0 Å². The topological polar surface area (TPSA) is 55.3 Å². The van der Waals surface area contributed by atoms with Gasteiger partial charge >= 0.3 is 0 Å². The molecule has 0 amide bonds. The van der Waals surface area contributed by atoms with Crippen LogP contribution in [0.15, 0.2) is 29.3 Å². The number of ether oxygens (including phenoxy) is 3. The van der Waals surface area contributed by atoms with Gasteiger partial charge in [0.25, 0.3) is 0 Å². The maximum Gasteiger partial charge on any atom is 0.193 e. The molecule has 1 heterocycles. The summed E-state index contributed by atoms with van der Waals surface area (Å²) in [5, 5.41) is 3.45. The summed E-state index contributed by atoms with van der Waals surface area (Å²) in [6.07, 6.45) is 1.13. The number of nitrogens with one attached hydrogen (secondary N) is 1. The second-order valence-corrected chi connectivity index (χ2v) is 6.15. The van der Waals surface area contributed by atoms with E-state index < -0.39 is 0 Å². The van der Waals surface area contributed by atoms with E-state index in [4.69, 9.17) is 14.2 Å². The third-order valence-electron chi connectivity index (χ3n) is 4.24. The van der Waals surface area contributed by atoms with Crippen LogP contribution in [0, 0.1) is 5.92 Å². The quantitative estimate of drug-likeness (QED) is 0.421. The normalized spacial score (nSPS) is 17.8. The highest BCUT2D eigenvalue weighted by Crippen LogP contribution is 2.17. The van der Waals surface area contributed by atoms with Gasteiger partial charge in [-0.15, -0.1) is 0 Å². The summed E-state index contributed by atoms with van der Waals surface area (Å²) in [6.45, 7) is 7.50. The molecule has 1 aromatic rings. The highest BCUT2D eigenvalue weighted by molar-refractivity contribution is 5.80. The fraction of sp³-hybridized carbons (Fsp3) is 0.632. The van der Waals surface area contributed by atoms with E-state index in [0.717, 1.165) is 44.4 Å². The summed E-state index contributed by atoms with van der Waals surface area (Å²) in [5.74, 6) is 2.41. The monoisotopic (exact) mass is 349 g/mol. The summed E-state index contributed by atoms with van der Waals surface area (Å²) < 4.78 is 16.2. The Bertz CT molecular complexity index is 536. The minimum Gasteiger partial charge on any atom is -0.494 e. The predicted molar refractivity (Wildman–Crippen MR) is 100 cm³/mol. The maximum atomic E-state index is 5.66. The molecular formula is C19H31N3O3. The molecule has 1 atom stereocenters. The minimum absolute atomic E-state index is 0.552. The van der Waals surface area contributed by atoms with Crippen LogP contribution >= 0.6 is 0 Å². The van der Waals surface area contributed by atoms with Crippen molar-refractivity contribution >= 4 is 5.96 Å². The molecule has 1 aromatic carbocycles. The lowest BCUT2D eigenvalue weighted by Crippen LogP contribution is -2.39. The Hall–Kier alpha value is -1.79. The van der Waals surface area contributed by atoms with Crippen LogP contribution in [-0.2, 0) is 16.0 Å². The predicted octanol–water partition coefficient (Wildman–Crippen LogP) is 2.15. The van der Waals surface area contributed by atoms with Crippen molar-refractivity contribution in [2.45, 2.75) is 19.9 Å². The molecule has 1 unspecified atom stereocenters. The maximum absolute atomic E-state index is 5.66. The van der Waals surface area contributed by atoms with Crippen LogP contribution in [0.1, 0.15) is 18.9 Å². The van der Waals surface area contributed by atoms with Gasteiger partial charge in [0, 0.05) is 39.7 Å². The Morgan fingerprint density at radius 2 is 2.24 bits per heavy atom. The third-order valence-corrected chi connectivity index (χ3v) is 4.24. The third kappa shape index (κ3) is 6.55. The van der Waals surface area contributed by atoms with E-state index in [2.05, 4.69) is 27.3 Å². The summed E-state index contributed by atoms with van der Waals surface area (Å²) in [5.41, 5.74) is 1.19. The molecule has 1 fully saturated rings. The molecule has 0 radical (unpaired) electrons. The van der Waals surface area contributed by atoms with Crippen molar-refractivity contribution < 1.29 is 14.2 Å². The second kappa shape index (κ2) is 10.9. The highest BCUT2D eigenvalue weighted by atomic mass is 16.5. The highest BCUT2D eigenvalue weighted by Gasteiger charge is 2.24. The summed E-state index contributed by atoms with van der Waals surface area (Å²) in [6, 6.07) is 8.17. The standard InChI is InChI=1S/C19H31N3O3/c1-4-25-18-7-5-6-16(12-18)13-21-19(20-2)22-9-8-17(14-22)15-24-11-10-23-3/h5-7,12,17H,4,8-11,13-15H2,1-3H3,(H,20,21). The van der Waals surface area contributed by atoms with Crippen molar-refractivity contribution in [3.63, 3.8) is 0 Å². The summed E-state index contributed by atoms with van der Waals surface area (Å²) in [7, 11) is 3.53. The molecule has 6 nitrogen and oxygen atoms in total. The number of benzene rings is 1. The molecule has 0 bridgehead atoms. The van der Waals surface area contributed by atoms with E-state index in [1.807, 2.05) is 26.1 Å². The lowest BCUT2D eigenvalue weighted by atomic mass is 10.1. The molecule has 0 saturated carbocycles. The first-order valence-electron chi connectivity index (χ1n) is 9.00. The number of nitrogens with zero attached hydrogens (tertiary/aromatic N) is 2. The average Bonchev–Trinajstić information content (AvgIpc) is 3.09. The van der Waals surface area contributed by atoms with Gasteiger partial charge in [-0.05, 0) is 31.0 Å². The van der Waals surface area contributed by atoms with Crippen molar-refractivity contribution in [1.82, 2.24) is 10.2 Å². The molecule has 0 aliphatic carbocycles. The molecule has 0 aromatic heterocycles. The molecule has 140 valence electrons. The van der Waals surface area contributed by atoms with E-state index in [0.29, 0.717) is 25.7 Å². The second-order valence-electron chi connectivity index (χ2n) is 6.15. The van der Waals surface area contributed by atoms with Gasteiger partial charge in [-0.3, -0.25) is 4.99 Å². The number of likely N-dealkylation sites (tertiary alicyclic amines) is 1. The van der Waals surface area contributed by atoms with Gasteiger partial charge in [-0.25, -0.2) is 0 Å². The first kappa shape index (κ1) is 19.5. The lowest BCUT2D eigenvalue weighted by molar-refractivity contribution is 0.0536. The number of hydrogen-bond acceptors (Lipinski definition) is 4. The number of guanidine groups is 1. The van der Waals surface area contributed by atoms with Crippen LogP contribution in [0.4, 0.5) is 0 Å². The number of methoxy groups -OCH3 is 1. The van der Waals surface area contributed by atoms with Crippen LogP contribution in [0.5, 0.6) is 5.75 Å². The average molecular weight is 349 g/mol. The van der Waals surface area contributed by atoms with Crippen molar-refractivity contribution in [3.05, 3.63) is 29.8 Å². The van der Waals surface area contributed by atoms with Crippen molar-refractivity contribution in [1.29, 1.82) is 0 Å². The molecule has 25 heavy (non-hydrogen) atoms. The van der Waals surface area contributed by atoms with Gasteiger partial charge in [0.05, 0.1) is 26.4 Å². The molecular weight excluding hydrogens is 318 g/mol. The molecule has 2 rings (SSSR count). The fourth-order valence-electron chi connectivity index (χ4n) is 2.98. The minimum atomic E-state index is 0.552. The van der Waals surface area contributed by atoms with Crippen LogP contribution in [0.2, 0.25) is 0 Å². The van der Waals surface area contributed by atoms with Gasteiger partial charge < -0.3 is 24.4 Å². The Morgan fingerprint density at radius 1 is 1.36 bits per heavy atom.